The van der Waals surface area contributed by atoms with Gasteiger partial charge in [0.05, 0.1) is 0 Å². The van der Waals surface area contributed by atoms with Crippen molar-refractivity contribution in [3.8, 4) is 0 Å². The molecule has 0 aliphatic carbocycles. The predicted molar refractivity (Wildman–Crippen MR) is 75.5 cm³/mol. The second-order valence-electron chi connectivity index (χ2n) is 5.04. The Kier molecular flexibility index (Phi) is 11.4. The summed E-state index contributed by atoms with van der Waals surface area (Å²) in [6.07, 6.45) is 8.55. The average molecular weight is 258 g/mol. The molecule has 0 aromatic carbocycles. The van der Waals surface area contributed by atoms with Gasteiger partial charge in [-0.15, -0.1) is 0 Å². The van der Waals surface area contributed by atoms with E-state index in [1.807, 2.05) is 0 Å². The third kappa shape index (κ3) is 9.63. The second-order valence-corrected chi connectivity index (χ2v) is 5.04. The molecule has 3 nitrogen and oxygen atoms in total. The van der Waals surface area contributed by atoms with Crippen LogP contribution in [0.4, 0.5) is 0 Å². The van der Waals surface area contributed by atoms with Crippen LogP contribution in [0.25, 0.3) is 0 Å². The van der Waals surface area contributed by atoms with Gasteiger partial charge in [-0.25, -0.2) is 0 Å². The number of aliphatic hydroxyl groups excluding tert-OH is 1. The van der Waals surface area contributed by atoms with E-state index in [4.69, 9.17) is 14.6 Å². The zero-order valence-electron chi connectivity index (χ0n) is 12.4. The fourth-order valence-corrected chi connectivity index (χ4v) is 1.98. The standard InChI is InChI=1S/C15H30O3/c1-13(9-6-12-16)7-5-8-14(2)10-11-15(17-3)18-4/h8,13,15-16H,5-7,9-12H2,1-4H3. The van der Waals surface area contributed by atoms with Crippen molar-refractivity contribution in [2.75, 3.05) is 20.8 Å². The van der Waals surface area contributed by atoms with E-state index in [2.05, 4.69) is 19.9 Å². The molecular weight excluding hydrogens is 228 g/mol. The number of rotatable bonds is 11. The van der Waals surface area contributed by atoms with Gasteiger partial charge in [0, 0.05) is 27.2 Å². The fraction of sp³-hybridized carbons (Fsp3) is 0.867. The lowest BCUT2D eigenvalue weighted by molar-refractivity contribution is -0.105. The minimum Gasteiger partial charge on any atom is -0.396 e. The van der Waals surface area contributed by atoms with Gasteiger partial charge in [-0.1, -0.05) is 18.6 Å². The van der Waals surface area contributed by atoms with Crippen molar-refractivity contribution in [2.24, 2.45) is 5.92 Å². The van der Waals surface area contributed by atoms with Gasteiger partial charge in [-0.3, -0.25) is 0 Å². The molecule has 0 radical (unpaired) electrons. The van der Waals surface area contributed by atoms with Crippen LogP contribution in [0, 0.1) is 5.92 Å². The first-order valence-electron chi connectivity index (χ1n) is 6.96. The van der Waals surface area contributed by atoms with Crippen LogP contribution in [0.5, 0.6) is 0 Å². The highest BCUT2D eigenvalue weighted by Gasteiger charge is 2.05. The SMILES string of the molecule is COC(CCC(C)=CCCC(C)CCCO)OC. The van der Waals surface area contributed by atoms with Gasteiger partial charge >= 0.3 is 0 Å². The lowest BCUT2D eigenvalue weighted by atomic mass is 9.99. The number of ether oxygens (including phenoxy) is 2. The van der Waals surface area contributed by atoms with Crippen molar-refractivity contribution in [2.45, 2.75) is 58.7 Å². The molecule has 1 unspecified atom stereocenters. The molecule has 108 valence electrons. The first kappa shape index (κ1) is 17.6. The molecule has 1 N–H and O–H groups in total. The van der Waals surface area contributed by atoms with E-state index < -0.39 is 0 Å². The van der Waals surface area contributed by atoms with Gasteiger partial charge in [0.25, 0.3) is 0 Å². The Morgan fingerprint density at radius 3 is 2.39 bits per heavy atom. The van der Waals surface area contributed by atoms with Crippen molar-refractivity contribution < 1.29 is 14.6 Å². The van der Waals surface area contributed by atoms with E-state index in [0.29, 0.717) is 12.5 Å². The molecule has 0 bridgehead atoms. The lowest BCUT2D eigenvalue weighted by Crippen LogP contribution is -2.12. The van der Waals surface area contributed by atoms with Gasteiger partial charge in [-0.2, -0.15) is 0 Å². The Balaban J connectivity index is 3.70. The monoisotopic (exact) mass is 258 g/mol. The summed E-state index contributed by atoms with van der Waals surface area (Å²) < 4.78 is 10.3. The summed E-state index contributed by atoms with van der Waals surface area (Å²) in [5, 5.41) is 8.76. The molecular formula is C15H30O3. The Labute approximate surface area is 112 Å². The van der Waals surface area contributed by atoms with E-state index in [-0.39, 0.29) is 6.29 Å². The van der Waals surface area contributed by atoms with Crippen molar-refractivity contribution >= 4 is 0 Å². The zero-order chi connectivity index (χ0) is 13.8. The molecule has 0 heterocycles. The van der Waals surface area contributed by atoms with Crippen LogP contribution >= 0.6 is 0 Å². The van der Waals surface area contributed by atoms with E-state index in [1.165, 1.54) is 12.0 Å². The van der Waals surface area contributed by atoms with Crippen LogP contribution in [0.15, 0.2) is 11.6 Å². The molecule has 0 saturated carbocycles. The molecule has 0 aromatic heterocycles. The summed E-state index contributed by atoms with van der Waals surface area (Å²) in [6.45, 7) is 4.74. The topological polar surface area (TPSA) is 38.7 Å². The summed E-state index contributed by atoms with van der Waals surface area (Å²) in [5.74, 6) is 0.701. The highest BCUT2D eigenvalue weighted by Crippen LogP contribution is 2.15. The van der Waals surface area contributed by atoms with Gasteiger partial charge < -0.3 is 14.6 Å². The average Bonchev–Trinajstić information content (AvgIpc) is 2.37. The number of aliphatic hydroxyl groups is 1. The molecule has 0 aliphatic rings. The van der Waals surface area contributed by atoms with Crippen LogP contribution in [0.1, 0.15) is 52.4 Å². The predicted octanol–water partition coefficient (Wildman–Crippen LogP) is 3.52. The Morgan fingerprint density at radius 2 is 1.83 bits per heavy atom. The highest BCUT2D eigenvalue weighted by molar-refractivity contribution is 4.97. The molecule has 0 fully saturated rings. The quantitative estimate of drug-likeness (QED) is 0.455. The molecule has 0 rings (SSSR count). The van der Waals surface area contributed by atoms with Crippen LogP contribution < -0.4 is 0 Å². The normalized spacial score (nSPS) is 14.2. The maximum Gasteiger partial charge on any atom is 0.157 e. The molecule has 3 heteroatoms. The number of methoxy groups -OCH3 is 2. The molecule has 0 amide bonds. The van der Waals surface area contributed by atoms with Crippen LogP contribution in [-0.4, -0.2) is 32.2 Å². The number of hydrogen-bond acceptors (Lipinski definition) is 3. The highest BCUT2D eigenvalue weighted by atomic mass is 16.7. The lowest BCUT2D eigenvalue weighted by Gasteiger charge is -2.13. The number of allylic oxidation sites excluding steroid dienone is 2. The van der Waals surface area contributed by atoms with Crippen molar-refractivity contribution in [1.29, 1.82) is 0 Å². The molecule has 0 saturated heterocycles. The maximum atomic E-state index is 8.76. The molecule has 1 atom stereocenters. The zero-order valence-corrected chi connectivity index (χ0v) is 12.4. The largest absolute Gasteiger partial charge is 0.396 e. The Hall–Kier alpha value is -0.380. The summed E-state index contributed by atoms with van der Waals surface area (Å²) in [7, 11) is 3.35. The van der Waals surface area contributed by atoms with E-state index in [1.54, 1.807) is 14.2 Å². The van der Waals surface area contributed by atoms with Gasteiger partial charge in [0.1, 0.15) is 0 Å². The minimum atomic E-state index is -0.0863. The summed E-state index contributed by atoms with van der Waals surface area (Å²) >= 11 is 0. The van der Waals surface area contributed by atoms with E-state index in [0.717, 1.165) is 32.1 Å². The van der Waals surface area contributed by atoms with Crippen LogP contribution in [0.3, 0.4) is 0 Å². The molecule has 0 aromatic rings. The third-order valence-corrected chi connectivity index (χ3v) is 3.31. The molecule has 18 heavy (non-hydrogen) atoms. The first-order valence-corrected chi connectivity index (χ1v) is 6.96. The Bertz CT molecular complexity index is 210. The second kappa shape index (κ2) is 11.7. The molecule has 0 aliphatic heterocycles. The van der Waals surface area contributed by atoms with Gasteiger partial charge in [0.2, 0.25) is 0 Å². The Morgan fingerprint density at radius 1 is 1.17 bits per heavy atom. The van der Waals surface area contributed by atoms with Crippen molar-refractivity contribution in [3.05, 3.63) is 11.6 Å². The number of hydrogen-bond donors (Lipinski definition) is 1. The van der Waals surface area contributed by atoms with E-state index >= 15 is 0 Å². The van der Waals surface area contributed by atoms with Gasteiger partial charge in [-0.05, 0) is 44.9 Å². The van der Waals surface area contributed by atoms with Crippen LogP contribution in [-0.2, 0) is 9.47 Å². The summed E-state index contributed by atoms with van der Waals surface area (Å²) in [5.41, 5.74) is 1.41. The fourth-order valence-electron chi connectivity index (χ4n) is 1.98. The van der Waals surface area contributed by atoms with Gasteiger partial charge in [0.15, 0.2) is 6.29 Å². The van der Waals surface area contributed by atoms with Crippen LogP contribution in [0.2, 0.25) is 0 Å². The smallest absolute Gasteiger partial charge is 0.157 e. The maximum absolute atomic E-state index is 8.76. The van der Waals surface area contributed by atoms with Crippen molar-refractivity contribution in [1.82, 2.24) is 0 Å². The first-order chi connectivity index (χ1) is 8.63. The summed E-state index contributed by atoms with van der Waals surface area (Å²) in [4.78, 5) is 0. The van der Waals surface area contributed by atoms with E-state index in [9.17, 15) is 0 Å². The van der Waals surface area contributed by atoms with Crippen molar-refractivity contribution in [3.63, 3.8) is 0 Å². The molecule has 0 spiro atoms. The third-order valence-electron chi connectivity index (χ3n) is 3.31. The summed E-state index contributed by atoms with van der Waals surface area (Å²) in [6, 6.07) is 0. The minimum absolute atomic E-state index is 0.0863.